The first-order valence-corrected chi connectivity index (χ1v) is 5.49. The van der Waals surface area contributed by atoms with Crippen LogP contribution >= 0.6 is 0 Å². The molecule has 1 aromatic rings. The zero-order chi connectivity index (χ0) is 9.73. The molecule has 1 aromatic heterocycles. The molecule has 74 valence electrons. The van der Waals surface area contributed by atoms with Crippen LogP contribution in [-0.4, -0.2) is 20.7 Å². The molecule has 0 atom stereocenters. The van der Waals surface area contributed by atoms with Crippen LogP contribution in [0.2, 0.25) is 0 Å². The van der Waals surface area contributed by atoms with Crippen molar-refractivity contribution in [2.24, 2.45) is 5.73 Å². The van der Waals surface area contributed by atoms with Crippen LogP contribution in [0.1, 0.15) is 5.76 Å². The second-order valence-corrected chi connectivity index (χ2v) is 4.43. The van der Waals surface area contributed by atoms with Gasteiger partial charge in [-0.25, -0.2) is 13.1 Å². The minimum Gasteiger partial charge on any atom is -0.468 e. The van der Waals surface area contributed by atoms with Crippen molar-refractivity contribution in [2.75, 3.05) is 12.3 Å². The molecule has 5 nitrogen and oxygen atoms in total. The first-order valence-electron chi connectivity index (χ1n) is 3.84. The van der Waals surface area contributed by atoms with E-state index < -0.39 is 10.0 Å². The van der Waals surface area contributed by atoms with Crippen molar-refractivity contribution in [1.82, 2.24) is 4.72 Å². The monoisotopic (exact) mass is 204 g/mol. The standard InChI is InChI=1S/C7H12N2O3S/c8-3-5-13(10,11)9-6-7-2-1-4-12-7/h1-2,4,9H,3,5-6,8H2. The first kappa shape index (κ1) is 10.2. The molecule has 0 aliphatic carbocycles. The Labute approximate surface area is 77.0 Å². The lowest BCUT2D eigenvalue weighted by Crippen LogP contribution is -2.29. The summed E-state index contributed by atoms with van der Waals surface area (Å²) in [6.45, 7) is 0.294. The van der Waals surface area contributed by atoms with Crippen molar-refractivity contribution in [2.45, 2.75) is 6.54 Å². The molecule has 0 aliphatic rings. The van der Waals surface area contributed by atoms with Gasteiger partial charge in [-0.3, -0.25) is 0 Å². The van der Waals surface area contributed by atoms with Gasteiger partial charge in [-0.05, 0) is 12.1 Å². The minimum absolute atomic E-state index is 0.0618. The van der Waals surface area contributed by atoms with E-state index in [2.05, 4.69) is 4.72 Å². The first-order chi connectivity index (χ1) is 6.14. The predicted octanol–water partition coefficient (Wildman–Crippen LogP) is -0.342. The molecule has 0 saturated heterocycles. The third kappa shape index (κ3) is 3.58. The summed E-state index contributed by atoms with van der Waals surface area (Å²) in [6.07, 6.45) is 1.49. The van der Waals surface area contributed by atoms with Gasteiger partial charge in [0.15, 0.2) is 0 Å². The van der Waals surface area contributed by atoms with Crippen LogP contribution in [0.4, 0.5) is 0 Å². The van der Waals surface area contributed by atoms with Crippen LogP contribution in [0, 0.1) is 0 Å². The quantitative estimate of drug-likeness (QED) is 0.687. The molecule has 1 rings (SSSR count). The Morgan fingerprint density at radius 2 is 2.31 bits per heavy atom. The molecule has 1 heterocycles. The SMILES string of the molecule is NCCS(=O)(=O)NCc1ccco1. The van der Waals surface area contributed by atoms with Gasteiger partial charge >= 0.3 is 0 Å². The number of hydrogen-bond acceptors (Lipinski definition) is 4. The molecule has 0 amide bonds. The van der Waals surface area contributed by atoms with Gasteiger partial charge in [-0.15, -0.1) is 0 Å². The Bertz CT molecular complexity index is 331. The maximum Gasteiger partial charge on any atom is 0.213 e. The summed E-state index contributed by atoms with van der Waals surface area (Å²) in [4.78, 5) is 0. The predicted molar refractivity (Wildman–Crippen MR) is 48.4 cm³/mol. The summed E-state index contributed by atoms with van der Waals surface area (Å²) in [5.74, 6) is 0.522. The second-order valence-electron chi connectivity index (χ2n) is 2.51. The number of furan rings is 1. The molecule has 0 aromatic carbocycles. The Morgan fingerprint density at radius 3 is 2.85 bits per heavy atom. The largest absolute Gasteiger partial charge is 0.468 e. The van der Waals surface area contributed by atoms with E-state index in [1.54, 1.807) is 12.1 Å². The van der Waals surface area contributed by atoms with Gasteiger partial charge < -0.3 is 10.2 Å². The lowest BCUT2D eigenvalue weighted by molar-refractivity contribution is 0.498. The topological polar surface area (TPSA) is 85.3 Å². The van der Waals surface area contributed by atoms with Crippen LogP contribution in [0.25, 0.3) is 0 Å². The van der Waals surface area contributed by atoms with E-state index in [4.69, 9.17) is 10.2 Å². The van der Waals surface area contributed by atoms with E-state index in [-0.39, 0.29) is 18.8 Å². The normalized spacial score (nSPS) is 11.8. The van der Waals surface area contributed by atoms with Gasteiger partial charge in [0, 0.05) is 6.54 Å². The van der Waals surface area contributed by atoms with E-state index >= 15 is 0 Å². The molecule has 0 radical (unpaired) electrons. The molecule has 3 N–H and O–H groups in total. The van der Waals surface area contributed by atoms with Gasteiger partial charge in [0.2, 0.25) is 10.0 Å². The van der Waals surface area contributed by atoms with Gasteiger partial charge in [0.25, 0.3) is 0 Å². The highest BCUT2D eigenvalue weighted by atomic mass is 32.2. The van der Waals surface area contributed by atoms with Crippen molar-refractivity contribution < 1.29 is 12.8 Å². The van der Waals surface area contributed by atoms with Gasteiger partial charge in [0.05, 0.1) is 18.6 Å². The fourth-order valence-corrected chi connectivity index (χ4v) is 1.64. The zero-order valence-corrected chi connectivity index (χ0v) is 7.88. The third-order valence-corrected chi connectivity index (χ3v) is 2.79. The summed E-state index contributed by atoms with van der Waals surface area (Å²) in [5.41, 5.74) is 5.12. The Kier molecular flexibility index (Phi) is 3.47. The Morgan fingerprint density at radius 1 is 1.54 bits per heavy atom. The fraction of sp³-hybridized carbons (Fsp3) is 0.429. The maximum absolute atomic E-state index is 11.1. The van der Waals surface area contributed by atoms with Gasteiger partial charge in [-0.1, -0.05) is 0 Å². The number of nitrogens with one attached hydrogen (secondary N) is 1. The van der Waals surface area contributed by atoms with Crippen molar-refractivity contribution in [3.05, 3.63) is 24.2 Å². The highest BCUT2D eigenvalue weighted by Gasteiger charge is 2.08. The van der Waals surface area contributed by atoms with Crippen molar-refractivity contribution in [3.63, 3.8) is 0 Å². The van der Waals surface area contributed by atoms with E-state index in [0.29, 0.717) is 5.76 Å². The molecular formula is C7H12N2O3S. The van der Waals surface area contributed by atoms with Gasteiger partial charge in [-0.2, -0.15) is 0 Å². The van der Waals surface area contributed by atoms with Crippen LogP contribution < -0.4 is 10.5 Å². The molecule has 0 unspecified atom stereocenters. The van der Waals surface area contributed by atoms with Crippen LogP contribution in [0.3, 0.4) is 0 Å². The van der Waals surface area contributed by atoms with Crippen molar-refractivity contribution in [3.8, 4) is 0 Å². The highest BCUT2D eigenvalue weighted by Crippen LogP contribution is 1.99. The summed E-state index contributed by atoms with van der Waals surface area (Å²) in [5, 5.41) is 0. The molecule has 0 aliphatic heterocycles. The molecule has 0 spiro atoms. The fourth-order valence-electron chi connectivity index (χ4n) is 0.822. The van der Waals surface area contributed by atoms with E-state index in [0.717, 1.165) is 0 Å². The van der Waals surface area contributed by atoms with Crippen LogP contribution in [0.5, 0.6) is 0 Å². The van der Waals surface area contributed by atoms with E-state index in [9.17, 15) is 8.42 Å². The lowest BCUT2D eigenvalue weighted by Gasteiger charge is -2.02. The van der Waals surface area contributed by atoms with Crippen molar-refractivity contribution in [1.29, 1.82) is 0 Å². The number of nitrogens with two attached hydrogens (primary N) is 1. The van der Waals surface area contributed by atoms with Gasteiger partial charge in [0.1, 0.15) is 5.76 Å². The van der Waals surface area contributed by atoms with E-state index in [1.165, 1.54) is 6.26 Å². The third-order valence-electron chi connectivity index (χ3n) is 1.43. The minimum atomic E-state index is -3.24. The summed E-state index contributed by atoms with van der Waals surface area (Å²) in [6, 6.07) is 3.40. The van der Waals surface area contributed by atoms with Crippen LogP contribution in [-0.2, 0) is 16.6 Å². The average Bonchev–Trinajstić information content (AvgIpc) is 2.52. The summed E-state index contributed by atoms with van der Waals surface area (Å²) >= 11 is 0. The molecule has 6 heteroatoms. The van der Waals surface area contributed by atoms with Crippen LogP contribution in [0.15, 0.2) is 22.8 Å². The Hall–Kier alpha value is -0.850. The number of hydrogen-bond donors (Lipinski definition) is 2. The summed E-state index contributed by atoms with van der Waals surface area (Å²) in [7, 11) is -3.24. The second kappa shape index (κ2) is 4.40. The average molecular weight is 204 g/mol. The zero-order valence-electron chi connectivity index (χ0n) is 7.06. The molecule has 0 bridgehead atoms. The van der Waals surface area contributed by atoms with Crippen molar-refractivity contribution >= 4 is 10.0 Å². The lowest BCUT2D eigenvalue weighted by atomic mass is 10.5. The maximum atomic E-state index is 11.1. The molecular weight excluding hydrogens is 192 g/mol. The molecule has 0 fully saturated rings. The smallest absolute Gasteiger partial charge is 0.213 e. The van der Waals surface area contributed by atoms with E-state index in [1.807, 2.05) is 0 Å². The summed E-state index contributed by atoms with van der Waals surface area (Å²) < 4.78 is 29.5. The number of rotatable bonds is 5. The molecule has 0 saturated carbocycles. The molecule has 13 heavy (non-hydrogen) atoms. The number of sulfonamides is 1. The highest BCUT2D eigenvalue weighted by molar-refractivity contribution is 7.89. The Balaban J connectivity index is 2.43.